The maximum absolute atomic E-state index is 12.7. The molecule has 0 spiro atoms. The van der Waals surface area contributed by atoms with E-state index in [1.165, 1.54) is 6.42 Å². The lowest BCUT2D eigenvalue weighted by Gasteiger charge is -2.41. The summed E-state index contributed by atoms with van der Waals surface area (Å²) in [7, 11) is 0. The van der Waals surface area contributed by atoms with Crippen LogP contribution in [0.25, 0.3) is 0 Å². The highest BCUT2D eigenvalue weighted by molar-refractivity contribution is 5.94. The van der Waals surface area contributed by atoms with Crippen LogP contribution in [0.15, 0.2) is 30.3 Å². The minimum Gasteiger partial charge on any atom is -0.349 e. The van der Waals surface area contributed by atoms with Crippen LogP contribution in [0.1, 0.15) is 56.3 Å². The normalized spacial score (nSPS) is 25.1. The zero-order valence-electron chi connectivity index (χ0n) is 16.0. The number of likely N-dealkylation sites (tertiary alicyclic amines) is 2. The minimum absolute atomic E-state index is 0.00362. The summed E-state index contributed by atoms with van der Waals surface area (Å²) >= 11 is 0. The van der Waals surface area contributed by atoms with Crippen molar-refractivity contribution in [2.24, 2.45) is 0 Å². The Morgan fingerprint density at radius 1 is 1.00 bits per heavy atom. The average Bonchev–Trinajstić information content (AvgIpc) is 2.64. The molecule has 0 radical (unpaired) electrons. The van der Waals surface area contributed by atoms with Crippen LogP contribution in [-0.4, -0.2) is 59.4 Å². The van der Waals surface area contributed by atoms with Crippen molar-refractivity contribution in [3.05, 3.63) is 35.9 Å². The van der Waals surface area contributed by atoms with Gasteiger partial charge in [-0.2, -0.15) is 0 Å². The predicted molar refractivity (Wildman–Crippen MR) is 103 cm³/mol. The van der Waals surface area contributed by atoms with E-state index >= 15 is 0 Å². The van der Waals surface area contributed by atoms with Crippen LogP contribution in [0.2, 0.25) is 0 Å². The Labute approximate surface area is 156 Å². The van der Waals surface area contributed by atoms with Crippen LogP contribution < -0.4 is 5.32 Å². The monoisotopic (exact) mass is 357 g/mol. The van der Waals surface area contributed by atoms with Gasteiger partial charge in [0.2, 0.25) is 5.91 Å². The molecule has 2 fully saturated rings. The third kappa shape index (κ3) is 4.64. The van der Waals surface area contributed by atoms with Gasteiger partial charge in [-0.3, -0.25) is 14.5 Å². The highest BCUT2D eigenvalue weighted by Gasteiger charge is 2.30. The molecule has 0 bridgehead atoms. The van der Waals surface area contributed by atoms with Crippen molar-refractivity contribution < 1.29 is 9.59 Å². The van der Waals surface area contributed by atoms with E-state index in [1.807, 2.05) is 30.3 Å². The maximum Gasteiger partial charge on any atom is 0.251 e. The molecule has 1 aromatic rings. The van der Waals surface area contributed by atoms with E-state index < -0.39 is 0 Å². The van der Waals surface area contributed by atoms with E-state index in [0.29, 0.717) is 24.2 Å². The Hall–Kier alpha value is -1.88. The molecule has 3 rings (SSSR count). The smallest absolute Gasteiger partial charge is 0.251 e. The average molecular weight is 357 g/mol. The number of rotatable bonds is 4. The van der Waals surface area contributed by atoms with E-state index in [-0.39, 0.29) is 17.9 Å². The van der Waals surface area contributed by atoms with E-state index in [4.69, 9.17) is 0 Å². The molecule has 1 N–H and O–H groups in total. The second-order valence-corrected chi connectivity index (χ2v) is 7.82. The third-order valence-electron chi connectivity index (χ3n) is 5.80. The van der Waals surface area contributed by atoms with Crippen molar-refractivity contribution in [2.45, 2.75) is 64.1 Å². The summed E-state index contributed by atoms with van der Waals surface area (Å²) in [6.45, 7) is 6.57. The van der Waals surface area contributed by atoms with Crippen LogP contribution in [0, 0.1) is 0 Å². The number of amides is 2. The molecule has 1 aromatic carbocycles. The van der Waals surface area contributed by atoms with E-state index in [0.717, 1.165) is 38.8 Å². The third-order valence-corrected chi connectivity index (χ3v) is 5.80. The molecule has 2 atom stereocenters. The number of piperidine rings is 2. The fourth-order valence-electron chi connectivity index (χ4n) is 4.28. The minimum atomic E-state index is -0.00362. The quantitative estimate of drug-likeness (QED) is 0.901. The van der Waals surface area contributed by atoms with Gasteiger partial charge in [-0.15, -0.1) is 0 Å². The molecule has 0 aliphatic carbocycles. The van der Waals surface area contributed by atoms with E-state index in [2.05, 4.69) is 29.0 Å². The first-order valence-corrected chi connectivity index (χ1v) is 9.94. The summed E-state index contributed by atoms with van der Waals surface area (Å²) in [4.78, 5) is 29.3. The molecule has 0 saturated carbocycles. The second kappa shape index (κ2) is 8.67. The van der Waals surface area contributed by atoms with Gasteiger partial charge in [0.15, 0.2) is 0 Å². The molecular weight excluding hydrogens is 326 g/mol. The van der Waals surface area contributed by atoms with Crippen LogP contribution in [0.4, 0.5) is 0 Å². The molecular formula is C21H31N3O2. The maximum atomic E-state index is 12.7. The second-order valence-electron chi connectivity index (χ2n) is 7.82. The molecule has 2 aliphatic heterocycles. The van der Waals surface area contributed by atoms with Crippen LogP contribution in [0.3, 0.4) is 0 Å². The largest absolute Gasteiger partial charge is 0.349 e. The van der Waals surface area contributed by atoms with E-state index in [9.17, 15) is 9.59 Å². The zero-order chi connectivity index (χ0) is 18.5. The lowest BCUT2D eigenvalue weighted by atomic mass is 9.97. The molecule has 5 nitrogen and oxygen atoms in total. The van der Waals surface area contributed by atoms with Gasteiger partial charge in [0.1, 0.15) is 0 Å². The van der Waals surface area contributed by atoms with Gasteiger partial charge in [0.05, 0.1) is 6.54 Å². The van der Waals surface area contributed by atoms with Gasteiger partial charge >= 0.3 is 0 Å². The summed E-state index contributed by atoms with van der Waals surface area (Å²) in [6.07, 6.45) is 5.25. The molecule has 0 aromatic heterocycles. The Balaban J connectivity index is 1.45. The fourth-order valence-corrected chi connectivity index (χ4v) is 4.28. The summed E-state index contributed by atoms with van der Waals surface area (Å²) in [5, 5.41) is 3.13. The molecule has 2 heterocycles. The van der Waals surface area contributed by atoms with Crippen molar-refractivity contribution in [2.75, 3.05) is 19.6 Å². The van der Waals surface area contributed by atoms with Crippen molar-refractivity contribution in [1.82, 2.24) is 15.1 Å². The Morgan fingerprint density at radius 3 is 2.23 bits per heavy atom. The number of hydrogen-bond donors (Lipinski definition) is 1. The molecule has 5 heteroatoms. The Kier molecular flexibility index (Phi) is 6.30. The first kappa shape index (κ1) is 18.9. The van der Waals surface area contributed by atoms with Crippen LogP contribution in [0.5, 0.6) is 0 Å². The fraction of sp³-hybridized carbons (Fsp3) is 0.619. The first-order valence-electron chi connectivity index (χ1n) is 9.94. The van der Waals surface area contributed by atoms with Crippen molar-refractivity contribution >= 4 is 11.8 Å². The summed E-state index contributed by atoms with van der Waals surface area (Å²) < 4.78 is 0. The van der Waals surface area contributed by atoms with Crippen LogP contribution >= 0.6 is 0 Å². The van der Waals surface area contributed by atoms with Gasteiger partial charge < -0.3 is 10.2 Å². The van der Waals surface area contributed by atoms with Crippen LogP contribution in [-0.2, 0) is 4.79 Å². The highest BCUT2D eigenvalue weighted by atomic mass is 16.2. The molecule has 2 saturated heterocycles. The lowest BCUT2D eigenvalue weighted by Crippen LogP contribution is -2.53. The predicted octanol–water partition coefficient (Wildman–Crippen LogP) is 2.67. The first-order chi connectivity index (χ1) is 12.5. The SMILES string of the molecule is CC1CCCC(C)N1C(=O)CN1CCC(NC(=O)c2ccccc2)CC1. The molecule has 26 heavy (non-hydrogen) atoms. The molecule has 142 valence electrons. The van der Waals surface area contributed by atoms with Gasteiger partial charge in [0.25, 0.3) is 5.91 Å². The standard InChI is InChI=1S/C21H31N3O2/c1-16-7-6-8-17(2)24(16)20(25)15-23-13-11-19(12-14-23)22-21(26)18-9-4-3-5-10-18/h3-5,9-10,16-17,19H,6-8,11-15H2,1-2H3,(H,22,26). The topological polar surface area (TPSA) is 52.7 Å². The lowest BCUT2D eigenvalue weighted by molar-refractivity contribution is -0.138. The summed E-state index contributed by atoms with van der Waals surface area (Å²) in [5.41, 5.74) is 0.707. The van der Waals surface area contributed by atoms with Crippen molar-refractivity contribution in [3.8, 4) is 0 Å². The van der Waals surface area contributed by atoms with Crippen molar-refractivity contribution in [1.29, 1.82) is 0 Å². The van der Waals surface area contributed by atoms with Gasteiger partial charge in [-0.1, -0.05) is 18.2 Å². The zero-order valence-corrected chi connectivity index (χ0v) is 16.0. The number of nitrogens with zero attached hydrogens (tertiary/aromatic N) is 2. The number of nitrogens with one attached hydrogen (secondary N) is 1. The Bertz CT molecular complexity index is 601. The molecule has 2 aliphatic rings. The molecule has 2 unspecified atom stereocenters. The van der Waals surface area contributed by atoms with Crippen molar-refractivity contribution in [3.63, 3.8) is 0 Å². The Morgan fingerprint density at radius 2 is 1.62 bits per heavy atom. The summed E-state index contributed by atoms with van der Waals surface area (Å²) in [5.74, 6) is 0.257. The van der Waals surface area contributed by atoms with E-state index in [1.54, 1.807) is 0 Å². The molecule has 2 amide bonds. The highest BCUT2D eigenvalue weighted by Crippen LogP contribution is 2.23. The van der Waals surface area contributed by atoms with Gasteiger partial charge in [-0.25, -0.2) is 0 Å². The number of benzene rings is 1. The number of hydrogen-bond acceptors (Lipinski definition) is 3. The summed E-state index contributed by atoms with van der Waals surface area (Å²) in [6, 6.07) is 10.3. The van der Waals surface area contributed by atoms with Gasteiger partial charge in [0, 0.05) is 36.8 Å². The van der Waals surface area contributed by atoms with Gasteiger partial charge in [-0.05, 0) is 58.1 Å². The number of carbonyl (C=O) groups is 2. The number of carbonyl (C=O) groups excluding carboxylic acids is 2.